The van der Waals surface area contributed by atoms with Gasteiger partial charge in [-0.05, 0) is 31.5 Å². The SMILES string of the molecule is Cl.Cl.NCCc1nc(C(=O)Nc2ccc(N3CCCC3)nc2)cs1. The predicted molar refractivity (Wildman–Crippen MR) is 103 cm³/mol. The number of anilines is 2. The Morgan fingerprint density at radius 3 is 2.67 bits per heavy atom. The number of aromatic nitrogens is 2. The number of thiazole rings is 1. The average molecular weight is 390 g/mol. The van der Waals surface area contributed by atoms with E-state index in [0.29, 0.717) is 24.3 Å². The summed E-state index contributed by atoms with van der Waals surface area (Å²) >= 11 is 1.46. The average Bonchev–Trinajstić information content (AvgIpc) is 3.20. The Morgan fingerprint density at radius 2 is 2.04 bits per heavy atom. The summed E-state index contributed by atoms with van der Waals surface area (Å²) in [5.41, 5.74) is 6.60. The lowest BCUT2D eigenvalue weighted by Gasteiger charge is -2.16. The molecule has 3 heterocycles. The number of nitrogens with zero attached hydrogens (tertiary/aromatic N) is 3. The maximum Gasteiger partial charge on any atom is 0.275 e. The maximum atomic E-state index is 12.1. The van der Waals surface area contributed by atoms with Gasteiger partial charge >= 0.3 is 0 Å². The summed E-state index contributed by atoms with van der Waals surface area (Å²) in [6, 6.07) is 3.83. The lowest BCUT2D eigenvalue weighted by Crippen LogP contribution is -2.19. The third-order valence-electron chi connectivity index (χ3n) is 3.58. The molecule has 0 aromatic carbocycles. The van der Waals surface area contributed by atoms with Crippen molar-refractivity contribution in [1.29, 1.82) is 0 Å². The van der Waals surface area contributed by atoms with Gasteiger partial charge in [0.1, 0.15) is 11.5 Å². The smallest absolute Gasteiger partial charge is 0.275 e. The molecule has 9 heteroatoms. The highest BCUT2D eigenvalue weighted by molar-refractivity contribution is 7.09. The summed E-state index contributed by atoms with van der Waals surface area (Å²) in [6.07, 6.45) is 4.83. The minimum absolute atomic E-state index is 0. The summed E-state index contributed by atoms with van der Waals surface area (Å²) < 4.78 is 0. The van der Waals surface area contributed by atoms with Gasteiger partial charge in [0.05, 0.1) is 16.9 Å². The van der Waals surface area contributed by atoms with Crippen molar-refractivity contribution in [2.24, 2.45) is 5.73 Å². The van der Waals surface area contributed by atoms with Crippen LogP contribution in [-0.2, 0) is 6.42 Å². The van der Waals surface area contributed by atoms with Gasteiger partial charge in [0, 0.05) is 24.9 Å². The number of nitrogens with two attached hydrogens (primary N) is 1. The van der Waals surface area contributed by atoms with Crippen molar-refractivity contribution in [2.75, 3.05) is 29.9 Å². The number of carbonyl (C=O) groups is 1. The van der Waals surface area contributed by atoms with Gasteiger partial charge in [0.25, 0.3) is 5.91 Å². The van der Waals surface area contributed by atoms with Crippen molar-refractivity contribution in [3.05, 3.63) is 34.4 Å². The third kappa shape index (κ3) is 5.04. The largest absolute Gasteiger partial charge is 0.357 e. The van der Waals surface area contributed by atoms with Gasteiger partial charge in [-0.3, -0.25) is 4.79 Å². The van der Waals surface area contributed by atoms with Gasteiger partial charge < -0.3 is 16.0 Å². The summed E-state index contributed by atoms with van der Waals surface area (Å²) in [5.74, 6) is 0.754. The molecule has 2 aromatic rings. The summed E-state index contributed by atoms with van der Waals surface area (Å²) in [7, 11) is 0. The van der Waals surface area contributed by atoms with Gasteiger partial charge in [-0.15, -0.1) is 36.2 Å². The van der Waals surface area contributed by atoms with Crippen molar-refractivity contribution >= 4 is 53.6 Å². The van der Waals surface area contributed by atoms with E-state index < -0.39 is 0 Å². The topological polar surface area (TPSA) is 84.1 Å². The number of halogens is 2. The molecule has 24 heavy (non-hydrogen) atoms. The van der Waals surface area contributed by atoms with Crippen molar-refractivity contribution in [1.82, 2.24) is 9.97 Å². The minimum Gasteiger partial charge on any atom is -0.357 e. The first-order valence-electron chi connectivity index (χ1n) is 7.43. The Hall–Kier alpha value is -1.41. The number of amides is 1. The molecule has 0 unspecified atom stereocenters. The van der Waals surface area contributed by atoms with E-state index in [1.165, 1.54) is 24.2 Å². The molecule has 1 saturated heterocycles. The number of hydrogen-bond donors (Lipinski definition) is 2. The van der Waals surface area contributed by atoms with Gasteiger partial charge in [0.2, 0.25) is 0 Å². The molecule has 3 rings (SSSR count). The van der Waals surface area contributed by atoms with Crippen LogP contribution in [0.1, 0.15) is 28.3 Å². The molecule has 3 N–H and O–H groups in total. The molecule has 1 amide bonds. The van der Waals surface area contributed by atoms with E-state index in [9.17, 15) is 4.79 Å². The lowest BCUT2D eigenvalue weighted by atomic mass is 10.3. The van der Waals surface area contributed by atoms with E-state index in [0.717, 1.165) is 23.9 Å². The second kappa shape index (κ2) is 9.78. The number of hydrogen-bond acceptors (Lipinski definition) is 6. The van der Waals surface area contributed by atoms with E-state index >= 15 is 0 Å². The number of pyridine rings is 1. The second-order valence-electron chi connectivity index (χ2n) is 5.22. The summed E-state index contributed by atoms with van der Waals surface area (Å²) in [5, 5.41) is 5.47. The molecule has 1 aliphatic rings. The fourth-order valence-corrected chi connectivity index (χ4v) is 3.24. The first-order valence-corrected chi connectivity index (χ1v) is 8.31. The molecule has 1 aliphatic heterocycles. The van der Waals surface area contributed by atoms with Gasteiger partial charge in [-0.25, -0.2) is 9.97 Å². The Labute approximate surface area is 157 Å². The molecule has 6 nitrogen and oxygen atoms in total. The molecule has 0 radical (unpaired) electrons. The Kier molecular flexibility index (Phi) is 8.41. The quantitative estimate of drug-likeness (QED) is 0.820. The Balaban J connectivity index is 0.00000144. The van der Waals surface area contributed by atoms with Crippen LogP contribution in [0.2, 0.25) is 0 Å². The van der Waals surface area contributed by atoms with E-state index in [2.05, 4.69) is 20.2 Å². The van der Waals surface area contributed by atoms with Gasteiger partial charge in [-0.1, -0.05) is 0 Å². The molecule has 2 aromatic heterocycles. The van der Waals surface area contributed by atoms with Crippen LogP contribution in [0.4, 0.5) is 11.5 Å². The number of nitrogens with one attached hydrogen (secondary N) is 1. The highest BCUT2D eigenvalue weighted by Crippen LogP contribution is 2.19. The molecular formula is C15H21Cl2N5OS. The van der Waals surface area contributed by atoms with Crippen molar-refractivity contribution < 1.29 is 4.79 Å². The highest BCUT2D eigenvalue weighted by atomic mass is 35.5. The lowest BCUT2D eigenvalue weighted by molar-refractivity contribution is 0.102. The molecular weight excluding hydrogens is 369 g/mol. The molecule has 0 atom stereocenters. The highest BCUT2D eigenvalue weighted by Gasteiger charge is 2.14. The standard InChI is InChI=1S/C15H19N5OS.2ClH/c16-6-5-14-19-12(10-22-14)15(21)18-11-3-4-13(17-9-11)20-7-1-2-8-20;;/h3-4,9-10H,1-2,5-8,16H2,(H,18,21);2*1H. The van der Waals surface area contributed by atoms with Gasteiger partial charge in [0.15, 0.2) is 0 Å². The van der Waals surface area contributed by atoms with Crippen LogP contribution in [0.25, 0.3) is 0 Å². The van der Waals surface area contributed by atoms with Crippen molar-refractivity contribution in [3.63, 3.8) is 0 Å². The number of rotatable bonds is 5. The second-order valence-corrected chi connectivity index (χ2v) is 6.16. The molecule has 132 valence electrons. The Morgan fingerprint density at radius 1 is 1.29 bits per heavy atom. The molecule has 0 bridgehead atoms. The Bertz CT molecular complexity index is 644. The third-order valence-corrected chi connectivity index (χ3v) is 4.49. The van der Waals surface area contributed by atoms with E-state index in [1.807, 2.05) is 12.1 Å². The molecule has 0 spiro atoms. The number of carbonyl (C=O) groups excluding carboxylic acids is 1. The first kappa shape index (κ1) is 20.6. The van der Waals surface area contributed by atoms with E-state index in [1.54, 1.807) is 11.6 Å². The van der Waals surface area contributed by atoms with Crippen LogP contribution >= 0.6 is 36.2 Å². The van der Waals surface area contributed by atoms with Crippen LogP contribution in [0.3, 0.4) is 0 Å². The summed E-state index contributed by atoms with van der Waals surface area (Å²) in [6.45, 7) is 2.65. The zero-order valence-corrected chi connectivity index (χ0v) is 15.6. The predicted octanol–water partition coefficient (Wildman–Crippen LogP) is 2.74. The maximum absolute atomic E-state index is 12.1. The van der Waals surface area contributed by atoms with Crippen LogP contribution in [0.15, 0.2) is 23.7 Å². The van der Waals surface area contributed by atoms with Crippen LogP contribution < -0.4 is 16.0 Å². The van der Waals surface area contributed by atoms with Crippen LogP contribution in [0, 0.1) is 0 Å². The summed E-state index contributed by atoms with van der Waals surface area (Å²) in [4.78, 5) is 23.1. The zero-order chi connectivity index (χ0) is 15.4. The fraction of sp³-hybridized carbons (Fsp3) is 0.400. The van der Waals surface area contributed by atoms with E-state index in [4.69, 9.17) is 5.73 Å². The van der Waals surface area contributed by atoms with Crippen LogP contribution in [-0.4, -0.2) is 35.5 Å². The van der Waals surface area contributed by atoms with Gasteiger partial charge in [-0.2, -0.15) is 0 Å². The first-order chi connectivity index (χ1) is 10.8. The molecule has 0 aliphatic carbocycles. The minimum atomic E-state index is -0.213. The fourth-order valence-electron chi connectivity index (χ4n) is 2.44. The molecule has 0 saturated carbocycles. The monoisotopic (exact) mass is 389 g/mol. The van der Waals surface area contributed by atoms with Crippen molar-refractivity contribution in [3.8, 4) is 0 Å². The zero-order valence-electron chi connectivity index (χ0n) is 13.1. The van der Waals surface area contributed by atoms with Crippen LogP contribution in [0.5, 0.6) is 0 Å². The van der Waals surface area contributed by atoms with E-state index in [-0.39, 0.29) is 30.7 Å². The molecule has 1 fully saturated rings. The van der Waals surface area contributed by atoms with Crippen molar-refractivity contribution in [2.45, 2.75) is 19.3 Å². The normalized spacial score (nSPS) is 13.1.